The Labute approximate surface area is 158 Å². The van der Waals surface area contributed by atoms with Crippen molar-refractivity contribution in [3.63, 3.8) is 0 Å². The maximum Gasteiger partial charge on any atom is 0.333 e. The third-order valence-electron chi connectivity index (χ3n) is 4.25. The number of rotatable bonds is 6. The van der Waals surface area contributed by atoms with E-state index in [1.54, 1.807) is 12.1 Å². The molecule has 4 nitrogen and oxygen atoms in total. The number of ether oxygens (including phenoxy) is 1. The van der Waals surface area contributed by atoms with E-state index in [-0.39, 0.29) is 0 Å². The number of nitrogens with zero attached hydrogens (tertiary/aromatic N) is 1. The predicted molar refractivity (Wildman–Crippen MR) is 106 cm³/mol. The zero-order chi connectivity index (χ0) is 19.1. The second-order valence-corrected chi connectivity index (χ2v) is 6.03. The van der Waals surface area contributed by atoms with Gasteiger partial charge in [0.15, 0.2) is 6.04 Å². The van der Waals surface area contributed by atoms with E-state index in [0.717, 1.165) is 11.1 Å². The highest BCUT2D eigenvalue weighted by molar-refractivity contribution is 6.13. The fourth-order valence-corrected chi connectivity index (χ4v) is 2.85. The van der Waals surface area contributed by atoms with Gasteiger partial charge < -0.3 is 9.84 Å². The van der Waals surface area contributed by atoms with Crippen LogP contribution in [0.5, 0.6) is 0 Å². The van der Waals surface area contributed by atoms with E-state index in [0.29, 0.717) is 11.3 Å². The summed E-state index contributed by atoms with van der Waals surface area (Å²) in [6.45, 7) is 0. The van der Waals surface area contributed by atoms with Crippen LogP contribution < -0.4 is 0 Å². The molecule has 0 bridgehead atoms. The first-order valence-electron chi connectivity index (χ1n) is 8.70. The molecule has 0 fully saturated rings. The van der Waals surface area contributed by atoms with Gasteiger partial charge in [0, 0.05) is 11.1 Å². The normalized spacial score (nSPS) is 12.7. The third kappa shape index (κ3) is 4.49. The van der Waals surface area contributed by atoms with E-state index in [9.17, 15) is 9.90 Å². The minimum Gasteiger partial charge on any atom is -0.467 e. The van der Waals surface area contributed by atoms with Gasteiger partial charge in [-0.2, -0.15) is 0 Å². The van der Waals surface area contributed by atoms with Crippen molar-refractivity contribution in [1.29, 1.82) is 0 Å². The SMILES string of the molecule is COC(=O)C(N=C(c1ccccc1)c1ccccc1)C(O)c1ccccc1. The zero-order valence-corrected chi connectivity index (χ0v) is 15.0. The number of aliphatic hydroxyl groups is 1. The molecule has 27 heavy (non-hydrogen) atoms. The maximum atomic E-state index is 12.4. The second kappa shape index (κ2) is 8.92. The number of aliphatic imine (C=N–C) groups is 1. The molecular weight excluding hydrogens is 338 g/mol. The second-order valence-electron chi connectivity index (χ2n) is 6.03. The van der Waals surface area contributed by atoms with Crippen LogP contribution in [0, 0.1) is 0 Å². The number of aliphatic hydroxyl groups excluding tert-OH is 1. The van der Waals surface area contributed by atoms with Crippen molar-refractivity contribution in [2.24, 2.45) is 4.99 Å². The summed E-state index contributed by atoms with van der Waals surface area (Å²) in [4.78, 5) is 17.1. The Morgan fingerprint density at radius 1 is 0.815 bits per heavy atom. The number of hydrogen-bond acceptors (Lipinski definition) is 4. The van der Waals surface area contributed by atoms with Crippen molar-refractivity contribution < 1.29 is 14.6 Å². The fraction of sp³-hybridized carbons (Fsp3) is 0.130. The Bertz CT molecular complexity index is 851. The van der Waals surface area contributed by atoms with E-state index >= 15 is 0 Å². The lowest BCUT2D eigenvalue weighted by Crippen LogP contribution is -2.29. The van der Waals surface area contributed by atoms with Crippen LogP contribution in [0.3, 0.4) is 0 Å². The molecule has 0 radical (unpaired) electrons. The number of carbonyl (C=O) groups excluding carboxylic acids is 1. The van der Waals surface area contributed by atoms with Gasteiger partial charge in [-0.1, -0.05) is 91.0 Å². The Morgan fingerprint density at radius 3 is 1.70 bits per heavy atom. The summed E-state index contributed by atoms with van der Waals surface area (Å²) in [6.07, 6.45) is -1.11. The van der Waals surface area contributed by atoms with Crippen molar-refractivity contribution in [2.75, 3.05) is 7.11 Å². The molecule has 4 heteroatoms. The Balaban J connectivity index is 2.10. The highest BCUT2D eigenvalue weighted by atomic mass is 16.5. The maximum absolute atomic E-state index is 12.4. The first-order valence-corrected chi connectivity index (χ1v) is 8.70. The standard InChI is InChI=1S/C23H21NO3/c1-27-23(26)21(22(25)19-15-9-4-10-16-19)24-20(17-11-5-2-6-12-17)18-13-7-3-8-14-18/h2-16,21-22,25H,1H3. The molecule has 3 rings (SSSR count). The molecule has 1 N–H and O–H groups in total. The van der Waals surface area contributed by atoms with Crippen molar-refractivity contribution in [3.8, 4) is 0 Å². The largest absolute Gasteiger partial charge is 0.467 e. The summed E-state index contributed by atoms with van der Waals surface area (Å²) >= 11 is 0. The monoisotopic (exact) mass is 359 g/mol. The van der Waals surface area contributed by atoms with Crippen molar-refractivity contribution in [1.82, 2.24) is 0 Å². The van der Waals surface area contributed by atoms with Gasteiger partial charge in [0.1, 0.15) is 6.10 Å². The van der Waals surface area contributed by atoms with Crippen molar-refractivity contribution in [2.45, 2.75) is 12.1 Å². The van der Waals surface area contributed by atoms with E-state index in [1.807, 2.05) is 78.9 Å². The third-order valence-corrected chi connectivity index (χ3v) is 4.25. The molecule has 3 aromatic carbocycles. The van der Waals surface area contributed by atoms with Gasteiger partial charge in [-0.15, -0.1) is 0 Å². The highest BCUT2D eigenvalue weighted by Crippen LogP contribution is 2.22. The quantitative estimate of drug-likeness (QED) is 0.538. The number of methoxy groups -OCH3 is 1. The van der Waals surface area contributed by atoms with Gasteiger partial charge in [0.25, 0.3) is 0 Å². The number of hydrogen-bond donors (Lipinski definition) is 1. The molecular formula is C23H21NO3. The summed E-state index contributed by atoms with van der Waals surface area (Å²) in [5, 5.41) is 10.8. The van der Waals surface area contributed by atoms with Crippen LogP contribution in [0.4, 0.5) is 0 Å². The van der Waals surface area contributed by atoms with Crippen molar-refractivity contribution >= 4 is 11.7 Å². The summed E-state index contributed by atoms with van der Waals surface area (Å²) in [6, 6.07) is 27.1. The van der Waals surface area contributed by atoms with Crippen LogP contribution in [0.25, 0.3) is 0 Å². The van der Waals surface area contributed by atoms with Crippen molar-refractivity contribution in [3.05, 3.63) is 108 Å². The van der Waals surface area contributed by atoms with Gasteiger partial charge in [-0.05, 0) is 5.56 Å². The van der Waals surface area contributed by atoms with Crippen LogP contribution in [0.15, 0.2) is 96.0 Å². The van der Waals surface area contributed by atoms with Crippen LogP contribution in [-0.2, 0) is 9.53 Å². The van der Waals surface area contributed by atoms with Crippen LogP contribution in [-0.4, -0.2) is 29.9 Å². The zero-order valence-electron chi connectivity index (χ0n) is 15.0. The van der Waals surface area contributed by atoms with Crippen LogP contribution in [0.2, 0.25) is 0 Å². The van der Waals surface area contributed by atoms with Gasteiger partial charge in [-0.3, -0.25) is 4.99 Å². The Kier molecular flexibility index (Phi) is 6.13. The molecule has 0 amide bonds. The molecule has 2 unspecified atom stereocenters. The molecule has 136 valence electrons. The lowest BCUT2D eigenvalue weighted by molar-refractivity contribution is -0.144. The topological polar surface area (TPSA) is 58.9 Å². The lowest BCUT2D eigenvalue weighted by Gasteiger charge is -2.19. The molecule has 0 saturated heterocycles. The smallest absolute Gasteiger partial charge is 0.333 e. The first kappa shape index (κ1) is 18.5. The minimum atomic E-state index is -1.11. The van der Waals surface area contributed by atoms with E-state index < -0.39 is 18.1 Å². The van der Waals surface area contributed by atoms with E-state index in [1.165, 1.54) is 7.11 Å². The molecule has 0 spiro atoms. The summed E-state index contributed by atoms with van der Waals surface area (Å²) in [5.41, 5.74) is 2.95. The molecule has 0 aliphatic heterocycles. The van der Waals surface area contributed by atoms with E-state index in [4.69, 9.17) is 4.74 Å². The van der Waals surface area contributed by atoms with Crippen LogP contribution >= 0.6 is 0 Å². The Hall–Kier alpha value is -3.24. The van der Waals surface area contributed by atoms with Gasteiger partial charge >= 0.3 is 5.97 Å². The van der Waals surface area contributed by atoms with Gasteiger partial charge in [-0.25, -0.2) is 4.79 Å². The average molecular weight is 359 g/mol. The lowest BCUT2D eigenvalue weighted by atomic mass is 9.99. The number of carbonyl (C=O) groups is 1. The molecule has 0 saturated carbocycles. The fourth-order valence-electron chi connectivity index (χ4n) is 2.85. The predicted octanol–water partition coefficient (Wildman–Crippen LogP) is 3.80. The molecule has 0 aliphatic carbocycles. The average Bonchev–Trinajstić information content (AvgIpc) is 2.75. The Morgan fingerprint density at radius 2 is 1.26 bits per heavy atom. The van der Waals surface area contributed by atoms with Gasteiger partial charge in [0.2, 0.25) is 0 Å². The summed E-state index contributed by atoms with van der Waals surface area (Å²) < 4.78 is 4.92. The molecule has 3 aromatic rings. The first-order chi connectivity index (χ1) is 13.2. The van der Waals surface area contributed by atoms with Gasteiger partial charge in [0.05, 0.1) is 12.8 Å². The van der Waals surface area contributed by atoms with E-state index in [2.05, 4.69) is 4.99 Å². The molecule has 2 atom stereocenters. The minimum absolute atomic E-state index is 0.587. The molecule has 0 aliphatic rings. The summed E-state index contributed by atoms with van der Waals surface area (Å²) in [5.74, 6) is -0.587. The number of benzene rings is 3. The number of esters is 1. The highest BCUT2D eigenvalue weighted by Gasteiger charge is 2.29. The molecule has 0 heterocycles. The molecule has 0 aromatic heterocycles. The summed E-state index contributed by atoms with van der Waals surface area (Å²) in [7, 11) is 1.30. The van der Waals surface area contributed by atoms with Crippen LogP contribution in [0.1, 0.15) is 22.8 Å².